The second kappa shape index (κ2) is 5.45. The van der Waals surface area contributed by atoms with E-state index in [-0.39, 0.29) is 5.75 Å². The summed E-state index contributed by atoms with van der Waals surface area (Å²) in [4.78, 5) is 1.93. The molecule has 0 radical (unpaired) electrons. The van der Waals surface area contributed by atoms with E-state index in [0.29, 0.717) is 37.6 Å². The molecule has 0 aliphatic carbocycles. The lowest BCUT2D eigenvalue weighted by molar-refractivity contribution is 0.381. The highest BCUT2D eigenvalue weighted by Gasteiger charge is 2.25. The van der Waals surface area contributed by atoms with Crippen LogP contribution in [0, 0.1) is 5.82 Å². The van der Waals surface area contributed by atoms with E-state index in [1.165, 1.54) is 23.7 Å². The van der Waals surface area contributed by atoms with E-state index in [1.807, 2.05) is 4.90 Å². The molecule has 1 saturated heterocycles. The number of piperazine rings is 1. The number of hydrogen-bond donors (Lipinski definition) is 1. The molecule has 1 heterocycles. The maximum absolute atomic E-state index is 13.5. The summed E-state index contributed by atoms with van der Waals surface area (Å²) in [7, 11) is -1.78. The summed E-state index contributed by atoms with van der Waals surface area (Å²) < 4.78 is 42.8. The van der Waals surface area contributed by atoms with Crippen molar-refractivity contribution in [3.05, 3.63) is 17.9 Å². The van der Waals surface area contributed by atoms with Crippen molar-refractivity contribution in [3.63, 3.8) is 0 Å². The maximum atomic E-state index is 13.5. The highest BCUT2D eigenvalue weighted by atomic mass is 32.2. The molecule has 0 atom stereocenters. The number of anilines is 2. The normalized spacial score (nSPS) is 17.2. The topological polar surface area (TPSA) is 75.9 Å². The standard InChI is InChI=1S/C12H18FN3O3S/c1-19-12-8-11(10(14)7-9(12)13)15-3-5-16(6-4-15)20(2,17)18/h7-8H,3-6,14H2,1-2H3. The predicted molar refractivity (Wildman–Crippen MR) is 76.0 cm³/mol. The van der Waals surface area contributed by atoms with Gasteiger partial charge in [-0.05, 0) is 0 Å². The molecule has 2 rings (SSSR count). The summed E-state index contributed by atoms with van der Waals surface area (Å²) in [5.74, 6) is -0.386. The van der Waals surface area contributed by atoms with Crippen LogP contribution in [0.15, 0.2) is 12.1 Å². The third-order valence-corrected chi connectivity index (χ3v) is 4.65. The molecule has 0 saturated carbocycles. The molecular weight excluding hydrogens is 285 g/mol. The van der Waals surface area contributed by atoms with E-state index >= 15 is 0 Å². The maximum Gasteiger partial charge on any atom is 0.211 e. The van der Waals surface area contributed by atoms with Crippen molar-refractivity contribution in [1.29, 1.82) is 0 Å². The third-order valence-electron chi connectivity index (χ3n) is 3.35. The minimum Gasteiger partial charge on any atom is -0.494 e. The van der Waals surface area contributed by atoms with Crippen LogP contribution in [-0.2, 0) is 10.0 Å². The predicted octanol–water partition coefficient (Wildman–Crippen LogP) is 0.498. The van der Waals surface area contributed by atoms with Crippen LogP contribution in [0.4, 0.5) is 15.8 Å². The number of sulfonamides is 1. The van der Waals surface area contributed by atoms with E-state index in [1.54, 1.807) is 6.07 Å². The van der Waals surface area contributed by atoms with Crippen molar-refractivity contribution in [3.8, 4) is 5.75 Å². The van der Waals surface area contributed by atoms with Gasteiger partial charge >= 0.3 is 0 Å². The van der Waals surface area contributed by atoms with Crippen LogP contribution in [0.3, 0.4) is 0 Å². The Hall–Kier alpha value is -1.54. The van der Waals surface area contributed by atoms with Gasteiger partial charge in [-0.2, -0.15) is 4.31 Å². The summed E-state index contributed by atoms with van der Waals surface area (Å²) in [5, 5.41) is 0. The van der Waals surface area contributed by atoms with Gasteiger partial charge in [0, 0.05) is 38.3 Å². The van der Waals surface area contributed by atoms with Gasteiger partial charge in [0.05, 0.1) is 24.7 Å². The summed E-state index contributed by atoms with van der Waals surface area (Å²) in [6.07, 6.45) is 1.19. The molecule has 0 amide bonds. The molecule has 0 bridgehead atoms. The SMILES string of the molecule is COc1cc(N2CCN(S(C)(=O)=O)CC2)c(N)cc1F. The van der Waals surface area contributed by atoms with Crippen molar-refractivity contribution in [2.75, 3.05) is 50.2 Å². The molecule has 1 aliphatic rings. The Morgan fingerprint density at radius 2 is 1.85 bits per heavy atom. The van der Waals surface area contributed by atoms with Crippen LogP contribution in [-0.4, -0.2) is 52.3 Å². The summed E-state index contributed by atoms with van der Waals surface area (Å²) >= 11 is 0. The Morgan fingerprint density at radius 3 is 2.35 bits per heavy atom. The number of ether oxygens (including phenoxy) is 1. The van der Waals surface area contributed by atoms with Crippen LogP contribution < -0.4 is 15.4 Å². The highest BCUT2D eigenvalue weighted by molar-refractivity contribution is 7.88. The van der Waals surface area contributed by atoms with Crippen molar-refractivity contribution < 1.29 is 17.5 Å². The van der Waals surface area contributed by atoms with Gasteiger partial charge in [0.25, 0.3) is 0 Å². The fourth-order valence-electron chi connectivity index (χ4n) is 2.25. The van der Waals surface area contributed by atoms with Crippen molar-refractivity contribution in [2.24, 2.45) is 0 Å². The molecule has 0 aromatic heterocycles. The second-order valence-corrected chi connectivity index (χ2v) is 6.68. The number of nitrogen functional groups attached to an aromatic ring is 1. The van der Waals surface area contributed by atoms with Gasteiger partial charge in [0.15, 0.2) is 11.6 Å². The molecule has 1 fully saturated rings. The first-order valence-electron chi connectivity index (χ1n) is 6.16. The van der Waals surface area contributed by atoms with Crippen LogP contribution in [0.2, 0.25) is 0 Å². The number of nitrogens with zero attached hydrogens (tertiary/aromatic N) is 2. The first kappa shape index (κ1) is 14.9. The van der Waals surface area contributed by atoms with Gasteiger partial charge < -0.3 is 15.4 Å². The minimum absolute atomic E-state index is 0.125. The van der Waals surface area contributed by atoms with Crippen LogP contribution >= 0.6 is 0 Å². The molecule has 8 heteroatoms. The average molecular weight is 303 g/mol. The van der Waals surface area contributed by atoms with Crippen LogP contribution in [0.5, 0.6) is 5.75 Å². The third kappa shape index (κ3) is 2.96. The number of rotatable bonds is 3. The van der Waals surface area contributed by atoms with E-state index in [9.17, 15) is 12.8 Å². The molecule has 1 aliphatic heterocycles. The second-order valence-electron chi connectivity index (χ2n) is 4.69. The highest BCUT2D eigenvalue weighted by Crippen LogP contribution is 2.31. The van der Waals surface area contributed by atoms with Gasteiger partial charge in [-0.3, -0.25) is 0 Å². The molecule has 1 aromatic rings. The fraction of sp³-hybridized carbons (Fsp3) is 0.500. The van der Waals surface area contributed by atoms with Crippen LogP contribution in [0.25, 0.3) is 0 Å². The van der Waals surface area contributed by atoms with Crippen molar-refractivity contribution in [1.82, 2.24) is 4.31 Å². The largest absolute Gasteiger partial charge is 0.494 e. The number of methoxy groups -OCH3 is 1. The zero-order chi connectivity index (χ0) is 14.9. The average Bonchev–Trinajstić information content (AvgIpc) is 2.38. The monoisotopic (exact) mass is 303 g/mol. The molecular formula is C12H18FN3O3S. The number of nitrogens with two attached hydrogens (primary N) is 1. The fourth-order valence-corrected chi connectivity index (χ4v) is 3.08. The molecule has 0 unspecified atom stereocenters. The molecule has 112 valence electrons. The zero-order valence-corrected chi connectivity index (χ0v) is 12.3. The lowest BCUT2D eigenvalue weighted by atomic mass is 10.2. The number of benzene rings is 1. The molecule has 20 heavy (non-hydrogen) atoms. The quantitative estimate of drug-likeness (QED) is 0.823. The van der Waals surface area contributed by atoms with E-state index in [4.69, 9.17) is 10.5 Å². The van der Waals surface area contributed by atoms with Gasteiger partial charge in [0.1, 0.15) is 0 Å². The number of halogens is 1. The van der Waals surface area contributed by atoms with Crippen molar-refractivity contribution in [2.45, 2.75) is 0 Å². The molecule has 0 spiro atoms. The summed E-state index contributed by atoms with van der Waals surface area (Å²) in [5.41, 5.74) is 6.81. The molecule has 2 N–H and O–H groups in total. The molecule has 1 aromatic carbocycles. The Labute approximate surface area is 118 Å². The smallest absolute Gasteiger partial charge is 0.211 e. The lowest BCUT2D eigenvalue weighted by Gasteiger charge is -2.35. The summed E-state index contributed by atoms with van der Waals surface area (Å²) in [6.45, 7) is 1.79. The minimum atomic E-state index is -3.17. The Bertz CT molecular complexity index is 598. The van der Waals surface area contributed by atoms with Crippen LogP contribution in [0.1, 0.15) is 0 Å². The van der Waals surface area contributed by atoms with Gasteiger partial charge in [-0.25, -0.2) is 12.8 Å². The first-order valence-corrected chi connectivity index (χ1v) is 8.01. The number of hydrogen-bond acceptors (Lipinski definition) is 5. The van der Waals surface area contributed by atoms with Gasteiger partial charge in [-0.15, -0.1) is 0 Å². The zero-order valence-electron chi connectivity index (χ0n) is 11.5. The first-order chi connectivity index (χ1) is 9.32. The van der Waals surface area contributed by atoms with Gasteiger partial charge in [0.2, 0.25) is 10.0 Å². The van der Waals surface area contributed by atoms with Crippen molar-refractivity contribution >= 4 is 21.4 Å². The Kier molecular flexibility index (Phi) is 4.05. The summed E-state index contributed by atoms with van der Waals surface area (Å²) in [6, 6.07) is 2.76. The Morgan fingerprint density at radius 1 is 1.25 bits per heavy atom. The van der Waals surface area contributed by atoms with E-state index < -0.39 is 15.8 Å². The lowest BCUT2D eigenvalue weighted by Crippen LogP contribution is -2.48. The van der Waals surface area contributed by atoms with E-state index in [0.717, 1.165) is 0 Å². The Balaban J connectivity index is 2.19. The molecule has 6 nitrogen and oxygen atoms in total. The van der Waals surface area contributed by atoms with Gasteiger partial charge in [-0.1, -0.05) is 0 Å². The van der Waals surface area contributed by atoms with E-state index in [2.05, 4.69) is 0 Å².